The van der Waals surface area contributed by atoms with Crippen LogP contribution in [0.1, 0.15) is 28.0 Å². The zero-order chi connectivity index (χ0) is 18.0. The number of rotatable bonds is 1. The lowest BCUT2D eigenvalue weighted by molar-refractivity contribution is -0.137. The Labute approximate surface area is 139 Å². The number of nitrogens with zero attached hydrogens (tertiary/aromatic N) is 3. The monoisotopic (exact) mass is 351 g/mol. The number of amidine groups is 1. The van der Waals surface area contributed by atoms with Crippen LogP contribution in [0, 0.1) is 6.92 Å². The van der Waals surface area contributed by atoms with Crippen molar-refractivity contribution < 1.29 is 27.6 Å². The van der Waals surface area contributed by atoms with Gasteiger partial charge in [-0.05, 0) is 25.1 Å². The lowest BCUT2D eigenvalue weighted by Gasteiger charge is -2.28. The first kappa shape index (κ1) is 15.8. The molecule has 6 nitrogen and oxygen atoms in total. The number of halogens is 3. The fourth-order valence-corrected chi connectivity index (χ4v) is 3.10. The number of fused-ring (bicyclic) bond motifs is 2. The highest BCUT2D eigenvalue weighted by Gasteiger charge is 2.53. The molecule has 4 rings (SSSR count). The van der Waals surface area contributed by atoms with E-state index in [0.29, 0.717) is 11.6 Å². The van der Waals surface area contributed by atoms with E-state index < -0.39 is 23.1 Å². The van der Waals surface area contributed by atoms with Gasteiger partial charge in [-0.1, -0.05) is 5.16 Å². The lowest BCUT2D eigenvalue weighted by Crippen LogP contribution is -2.48. The Bertz CT molecular complexity index is 919. The number of anilines is 1. The predicted octanol–water partition coefficient (Wildman–Crippen LogP) is 2.87. The largest absolute Gasteiger partial charge is 0.416 e. The Morgan fingerprint density at radius 2 is 2.08 bits per heavy atom. The van der Waals surface area contributed by atoms with Crippen LogP contribution in [-0.4, -0.2) is 34.0 Å². The number of carbonyl (C=O) groups is 1. The molecule has 1 unspecified atom stereocenters. The van der Waals surface area contributed by atoms with Crippen molar-refractivity contribution in [3.05, 3.63) is 41.1 Å². The van der Waals surface area contributed by atoms with E-state index in [9.17, 15) is 23.1 Å². The molecule has 25 heavy (non-hydrogen) atoms. The summed E-state index contributed by atoms with van der Waals surface area (Å²) in [6.07, 6.45) is -4.58. The third-order valence-corrected chi connectivity index (χ3v) is 4.37. The number of Topliss-reactive ketones (excluding diaryl/α,β-unsaturated/α-hetero) is 1. The first-order valence-electron chi connectivity index (χ1n) is 7.48. The van der Waals surface area contributed by atoms with Crippen LogP contribution in [0.3, 0.4) is 0 Å². The van der Waals surface area contributed by atoms with E-state index in [1.165, 1.54) is 4.90 Å². The normalized spacial score (nSPS) is 22.7. The molecule has 3 heterocycles. The molecular weight excluding hydrogens is 339 g/mol. The first-order valence-corrected chi connectivity index (χ1v) is 7.48. The molecule has 1 aromatic carbocycles. The molecule has 0 saturated carbocycles. The molecule has 0 amide bonds. The Balaban J connectivity index is 1.84. The summed E-state index contributed by atoms with van der Waals surface area (Å²) in [4.78, 5) is 18.5. The summed E-state index contributed by atoms with van der Waals surface area (Å²) in [6, 6.07) is 4.35. The van der Waals surface area contributed by atoms with Crippen LogP contribution < -0.4 is 4.90 Å². The van der Waals surface area contributed by atoms with Crippen molar-refractivity contribution in [2.24, 2.45) is 4.99 Å². The van der Waals surface area contributed by atoms with Crippen LogP contribution >= 0.6 is 0 Å². The van der Waals surface area contributed by atoms with E-state index in [2.05, 4.69) is 10.1 Å². The topological polar surface area (TPSA) is 78.9 Å². The van der Waals surface area contributed by atoms with Crippen molar-refractivity contribution in [3.63, 3.8) is 0 Å². The molecule has 1 N–H and O–H groups in total. The van der Waals surface area contributed by atoms with Crippen LogP contribution in [0.15, 0.2) is 33.8 Å². The minimum atomic E-state index is -4.58. The number of aromatic nitrogens is 1. The first-order chi connectivity index (χ1) is 11.7. The number of benzene rings is 1. The van der Waals surface area contributed by atoms with Gasteiger partial charge in [-0.3, -0.25) is 9.69 Å². The minimum Gasteiger partial charge on any atom is -0.374 e. The van der Waals surface area contributed by atoms with Gasteiger partial charge >= 0.3 is 6.18 Å². The highest BCUT2D eigenvalue weighted by atomic mass is 19.4. The van der Waals surface area contributed by atoms with Gasteiger partial charge in [0, 0.05) is 24.6 Å². The van der Waals surface area contributed by atoms with E-state index in [1.807, 2.05) is 0 Å². The Morgan fingerprint density at radius 1 is 1.32 bits per heavy atom. The molecule has 2 aliphatic heterocycles. The smallest absolute Gasteiger partial charge is 0.374 e. The van der Waals surface area contributed by atoms with Gasteiger partial charge in [0.2, 0.25) is 11.7 Å². The second-order valence-electron chi connectivity index (χ2n) is 6.06. The maximum absolute atomic E-state index is 12.9. The fraction of sp³-hybridized carbons (Fsp3) is 0.312. The molecule has 2 aliphatic rings. The van der Waals surface area contributed by atoms with Crippen LogP contribution in [0.2, 0.25) is 0 Å². The van der Waals surface area contributed by atoms with Crippen LogP contribution in [-0.2, 0) is 6.18 Å². The number of ketones is 1. The quantitative estimate of drug-likeness (QED) is 0.855. The molecular formula is C16H12F3N3O3. The predicted molar refractivity (Wildman–Crippen MR) is 81.0 cm³/mol. The summed E-state index contributed by atoms with van der Waals surface area (Å²) in [5.74, 6) is -0.436. The van der Waals surface area contributed by atoms with Gasteiger partial charge in [0.1, 0.15) is 0 Å². The minimum absolute atomic E-state index is 0.0000990. The van der Waals surface area contributed by atoms with Gasteiger partial charge in [0.15, 0.2) is 11.4 Å². The van der Waals surface area contributed by atoms with Crippen molar-refractivity contribution >= 4 is 23.2 Å². The Hall–Kier alpha value is -2.68. The van der Waals surface area contributed by atoms with Gasteiger partial charge < -0.3 is 9.63 Å². The van der Waals surface area contributed by atoms with E-state index in [4.69, 9.17) is 4.52 Å². The number of hydrogen-bond acceptors (Lipinski definition) is 6. The van der Waals surface area contributed by atoms with E-state index in [-0.39, 0.29) is 30.1 Å². The zero-order valence-corrected chi connectivity index (χ0v) is 13.0. The third kappa shape index (κ3) is 2.26. The van der Waals surface area contributed by atoms with Crippen molar-refractivity contribution in [3.8, 4) is 0 Å². The average Bonchev–Trinajstić information content (AvgIpc) is 3.11. The lowest BCUT2D eigenvalue weighted by atomic mass is 9.87. The zero-order valence-electron chi connectivity index (χ0n) is 13.0. The summed E-state index contributed by atoms with van der Waals surface area (Å²) in [6.45, 7) is 1.95. The molecule has 0 aliphatic carbocycles. The molecule has 9 heteroatoms. The standard InChI is InChI=1S/C16H12F3N3O3/c1-8-6-12(25-21-8)22-5-4-15(24)13(23)10-7-9(16(17,18)19)2-3-11(10)20-14(15)22/h2-3,6-7,24H,4-5H2,1H3. The summed E-state index contributed by atoms with van der Waals surface area (Å²) in [5.41, 5.74) is -2.47. The third-order valence-electron chi connectivity index (χ3n) is 4.37. The van der Waals surface area contributed by atoms with Gasteiger partial charge in [-0.15, -0.1) is 0 Å². The average molecular weight is 351 g/mol. The molecule has 2 aromatic rings. The Morgan fingerprint density at radius 3 is 2.72 bits per heavy atom. The van der Waals surface area contributed by atoms with Crippen molar-refractivity contribution in [2.45, 2.75) is 25.1 Å². The molecule has 1 atom stereocenters. The Kier molecular flexibility index (Phi) is 3.11. The number of alkyl halides is 3. The summed E-state index contributed by atoms with van der Waals surface area (Å²) in [5, 5.41) is 14.6. The van der Waals surface area contributed by atoms with Crippen molar-refractivity contribution in [1.29, 1.82) is 0 Å². The number of aryl methyl sites for hydroxylation is 1. The van der Waals surface area contributed by atoms with Gasteiger partial charge in [-0.25, -0.2) is 4.99 Å². The second-order valence-corrected chi connectivity index (χ2v) is 6.06. The number of hydrogen-bond donors (Lipinski definition) is 1. The SMILES string of the molecule is Cc1cc(N2CCC3(O)C(=O)c4cc(C(F)(F)F)ccc4N=C23)on1. The van der Waals surface area contributed by atoms with Crippen LogP contribution in [0.4, 0.5) is 24.7 Å². The molecule has 1 fully saturated rings. The van der Waals surface area contributed by atoms with E-state index >= 15 is 0 Å². The second kappa shape index (κ2) is 4.92. The molecule has 130 valence electrons. The van der Waals surface area contributed by atoms with Crippen molar-refractivity contribution in [2.75, 3.05) is 11.4 Å². The number of aliphatic imine (C=N–C) groups is 1. The summed E-state index contributed by atoms with van der Waals surface area (Å²) >= 11 is 0. The van der Waals surface area contributed by atoms with E-state index in [0.717, 1.165) is 18.2 Å². The highest BCUT2D eigenvalue weighted by molar-refractivity contribution is 6.28. The van der Waals surface area contributed by atoms with Crippen LogP contribution in [0.25, 0.3) is 0 Å². The van der Waals surface area contributed by atoms with Crippen molar-refractivity contribution in [1.82, 2.24) is 5.16 Å². The molecule has 0 radical (unpaired) electrons. The van der Waals surface area contributed by atoms with Crippen LogP contribution in [0.5, 0.6) is 0 Å². The number of aliphatic hydroxyl groups is 1. The molecule has 0 spiro atoms. The highest BCUT2D eigenvalue weighted by Crippen LogP contribution is 2.41. The summed E-state index contributed by atoms with van der Waals surface area (Å²) in [7, 11) is 0. The molecule has 1 saturated heterocycles. The number of carbonyl (C=O) groups excluding carboxylic acids is 1. The van der Waals surface area contributed by atoms with Gasteiger partial charge in [-0.2, -0.15) is 13.2 Å². The maximum atomic E-state index is 12.9. The molecule has 0 bridgehead atoms. The maximum Gasteiger partial charge on any atom is 0.416 e. The fourth-order valence-electron chi connectivity index (χ4n) is 3.10. The molecule has 1 aromatic heterocycles. The van der Waals surface area contributed by atoms with Gasteiger partial charge in [0.25, 0.3) is 0 Å². The summed E-state index contributed by atoms with van der Waals surface area (Å²) < 4.78 is 43.8. The van der Waals surface area contributed by atoms with E-state index in [1.54, 1.807) is 13.0 Å². The van der Waals surface area contributed by atoms with Gasteiger partial charge in [0.05, 0.1) is 16.9 Å².